The molecule has 3 fully saturated rings. The molecule has 4 rings (SSSR count). The standard InChI is InChI=1S/C29H38NO7.4Ac/c1-17-9-12-22-28(2,14-13-23(32)29(22,3)16-31)20(17)11-10-19-21(15-36-26(19)34)37-27(35)25(33)24(30)18-7-5-4-6-8-18;;;;/h4-8,10,20-25,30-33H,1,9,11-16H2,2-3H3;;;;/q-1;;;;/b19-10+;;;;/t20-,21?,22?,23?,24?,25?,28+,29-;;;;/m0..../s1. The molecule has 12 heteroatoms. The van der Waals surface area contributed by atoms with E-state index in [1.165, 1.54) is 0 Å². The Kier molecular flexibility index (Phi) is 20.8. The van der Waals surface area contributed by atoms with Crippen LogP contribution in [0, 0.1) is 199 Å². The van der Waals surface area contributed by atoms with Crippen LogP contribution in [0.5, 0.6) is 0 Å². The first-order valence-electron chi connectivity index (χ1n) is 13.0. The minimum Gasteiger partial charge on any atom is -0.668 e. The topological polar surface area (TPSA) is 137 Å². The van der Waals surface area contributed by atoms with Crippen LogP contribution >= 0.6 is 0 Å². The largest absolute Gasteiger partial charge is 0.668 e. The molecule has 1 aromatic carbocycles. The zero-order chi connectivity index (χ0) is 27.0. The van der Waals surface area contributed by atoms with E-state index in [9.17, 15) is 24.9 Å². The van der Waals surface area contributed by atoms with Crippen LogP contribution in [0.2, 0.25) is 0 Å². The van der Waals surface area contributed by atoms with Crippen molar-refractivity contribution < 1.29 is 211 Å². The summed E-state index contributed by atoms with van der Waals surface area (Å²) in [7, 11) is 0. The molecule has 4 radical (unpaired) electrons. The molecule has 1 heterocycles. The molecule has 214 valence electrons. The molecule has 4 N–H and O–H groups in total. The Hall–Kier alpha value is 3.25. The summed E-state index contributed by atoms with van der Waals surface area (Å²) in [5, 5.41) is 31.3. The third-order valence-electron chi connectivity index (χ3n) is 9.19. The van der Waals surface area contributed by atoms with E-state index >= 15 is 0 Å². The van der Waals surface area contributed by atoms with Crippen LogP contribution in [0.1, 0.15) is 57.6 Å². The number of rotatable bonds is 7. The molecule has 0 amide bonds. The fourth-order valence-electron chi connectivity index (χ4n) is 6.84. The number of allylic oxidation sites excluding steroid dienone is 2. The minimum absolute atomic E-state index is 0. The van der Waals surface area contributed by atoms with Crippen molar-refractivity contribution in [3.63, 3.8) is 0 Å². The minimum atomic E-state index is -1.71. The third kappa shape index (κ3) is 9.67. The van der Waals surface area contributed by atoms with Crippen molar-refractivity contribution in [3.8, 4) is 0 Å². The van der Waals surface area contributed by atoms with E-state index in [1.54, 1.807) is 36.4 Å². The summed E-state index contributed by atoms with van der Waals surface area (Å²) in [5.41, 5.74) is 9.16. The molecule has 1 saturated heterocycles. The van der Waals surface area contributed by atoms with E-state index < -0.39 is 41.7 Å². The van der Waals surface area contributed by atoms with Gasteiger partial charge in [0.25, 0.3) is 0 Å². The van der Waals surface area contributed by atoms with Crippen LogP contribution in [0.25, 0.3) is 5.73 Å². The van der Waals surface area contributed by atoms with Crippen molar-refractivity contribution in [1.82, 2.24) is 0 Å². The first kappa shape index (κ1) is 44.2. The van der Waals surface area contributed by atoms with Crippen LogP contribution in [0.3, 0.4) is 0 Å². The monoisotopic (exact) mass is 1420 g/mol. The predicted molar refractivity (Wildman–Crippen MR) is 137 cm³/mol. The summed E-state index contributed by atoms with van der Waals surface area (Å²) in [6, 6.07) is 7.31. The summed E-state index contributed by atoms with van der Waals surface area (Å²) < 4.78 is 10.6. The maximum atomic E-state index is 12.7. The Morgan fingerprint density at radius 2 is 1.83 bits per heavy atom. The predicted octanol–water partition coefficient (Wildman–Crippen LogP) is 3.67. The summed E-state index contributed by atoms with van der Waals surface area (Å²) in [4.78, 5) is 25.2. The Morgan fingerprint density at radius 3 is 2.44 bits per heavy atom. The fraction of sp³-hybridized carbons (Fsp3) is 0.586. The molecule has 8 atom stereocenters. The number of benzene rings is 1. The molecule has 0 aromatic heterocycles. The maximum absolute atomic E-state index is 12.7. The Balaban J connectivity index is 0.00000400. The molecular formula is C29H38Ac4NO7-. The van der Waals surface area contributed by atoms with E-state index in [1.807, 2.05) is 6.92 Å². The zero-order valence-electron chi connectivity index (χ0n) is 23.9. The van der Waals surface area contributed by atoms with Crippen molar-refractivity contribution >= 4 is 11.9 Å². The van der Waals surface area contributed by atoms with E-state index in [2.05, 4.69) is 13.5 Å². The second-order valence-electron chi connectivity index (χ2n) is 11.3. The van der Waals surface area contributed by atoms with Crippen molar-refractivity contribution in [2.45, 2.75) is 70.3 Å². The van der Waals surface area contributed by atoms with Gasteiger partial charge in [0.05, 0.1) is 18.3 Å². The molecule has 0 spiro atoms. The Bertz CT molecular complexity index is 1070. The van der Waals surface area contributed by atoms with Crippen molar-refractivity contribution in [3.05, 3.63) is 65.4 Å². The van der Waals surface area contributed by atoms with Crippen molar-refractivity contribution in [2.24, 2.45) is 22.7 Å². The summed E-state index contributed by atoms with van der Waals surface area (Å²) >= 11 is 0. The van der Waals surface area contributed by atoms with Crippen molar-refractivity contribution in [2.75, 3.05) is 13.2 Å². The molecular weight excluding hydrogens is 1380 g/mol. The van der Waals surface area contributed by atoms with Crippen LogP contribution in [0.4, 0.5) is 0 Å². The third-order valence-corrected chi connectivity index (χ3v) is 9.19. The van der Waals surface area contributed by atoms with Crippen LogP contribution < -0.4 is 0 Å². The van der Waals surface area contributed by atoms with Gasteiger partial charge in [-0.05, 0) is 49.4 Å². The maximum Gasteiger partial charge on any atom is 0.337 e. The van der Waals surface area contributed by atoms with Gasteiger partial charge < -0.3 is 30.5 Å². The van der Waals surface area contributed by atoms with Gasteiger partial charge in [-0.15, -0.1) is 0 Å². The molecule has 3 aliphatic rings. The number of hydrogen-bond acceptors (Lipinski definition) is 7. The normalized spacial score (nSPS) is 33.0. The molecule has 8 nitrogen and oxygen atoms in total. The number of aliphatic hydroxyl groups excluding tert-OH is 3. The number of carbonyl (C=O) groups excluding carboxylic acids is 2. The first-order chi connectivity index (χ1) is 17.5. The summed E-state index contributed by atoms with van der Waals surface area (Å²) in [6.07, 6.45) is 1.96. The number of cyclic esters (lactones) is 1. The van der Waals surface area contributed by atoms with Crippen molar-refractivity contribution in [1.29, 1.82) is 0 Å². The summed E-state index contributed by atoms with van der Waals surface area (Å²) in [6.45, 7) is 8.22. The number of ether oxygens (including phenoxy) is 2. The van der Waals surface area contributed by atoms with Crippen LogP contribution in [-0.4, -0.2) is 58.8 Å². The van der Waals surface area contributed by atoms with Gasteiger partial charge in [0, 0.05) is 182 Å². The average molecular weight is 1420 g/mol. The van der Waals surface area contributed by atoms with E-state index in [-0.39, 0.29) is 212 Å². The molecule has 0 bridgehead atoms. The first-order valence-corrected chi connectivity index (χ1v) is 13.0. The van der Waals surface area contributed by atoms with Gasteiger partial charge in [-0.25, -0.2) is 9.59 Å². The number of carbonyl (C=O) groups is 2. The van der Waals surface area contributed by atoms with Crippen LogP contribution in [-0.2, 0) is 19.1 Å². The molecule has 1 aromatic rings. The van der Waals surface area contributed by atoms with Gasteiger partial charge in [0.2, 0.25) is 0 Å². The van der Waals surface area contributed by atoms with E-state index in [0.717, 1.165) is 24.8 Å². The van der Waals surface area contributed by atoms with E-state index in [0.29, 0.717) is 18.4 Å². The Labute approximate surface area is 386 Å². The Morgan fingerprint density at radius 1 is 1.20 bits per heavy atom. The number of hydrogen-bond donors (Lipinski definition) is 3. The second kappa shape index (κ2) is 19.3. The van der Waals surface area contributed by atoms with Gasteiger partial charge >= 0.3 is 11.9 Å². The molecule has 41 heavy (non-hydrogen) atoms. The zero-order valence-corrected chi connectivity index (χ0v) is 42.9. The van der Waals surface area contributed by atoms with Crippen LogP contribution in [0.15, 0.2) is 54.1 Å². The van der Waals surface area contributed by atoms with Gasteiger partial charge in [-0.3, -0.25) is 0 Å². The number of aliphatic hydroxyl groups is 3. The SMILES string of the molecule is C=C1CCC2[C@](C)(CO)C(O)CC[C@]2(C)[C@H]1C/C=C1/C(=O)OCC1OC(=O)C(O)C([NH-])c1ccccc1.[Ac].[Ac].[Ac].[Ac]. The van der Waals surface area contributed by atoms with Gasteiger partial charge in [0.1, 0.15) is 12.7 Å². The van der Waals surface area contributed by atoms with Gasteiger partial charge in [-0.2, -0.15) is 0 Å². The molecule has 2 aliphatic carbocycles. The van der Waals surface area contributed by atoms with Gasteiger partial charge in [0.15, 0.2) is 6.10 Å². The second-order valence-corrected chi connectivity index (χ2v) is 11.3. The summed E-state index contributed by atoms with van der Waals surface area (Å²) in [5.74, 6) is -1.44. The smallest absolute Gasteiger partial charge is 0.337 e. The number of nitrogens with one attached hydrogen (secondary N) is 1. The quantitative estimate of drug-likeness (QED) is 0.216. The molecule has 2 saturated carbocycles. The van der Waals surface area contributed by atoms with Gasteiger partial charge in [-0.1, -0.05) is 74.0 Å². The number of esters is 2. The average Bonchev–Trinajstić information content (AvgIpc) is 3.24. The van der Waals surface area contributed by atoms with E-state index in [4.69, 9.17) is 15.2 Å². The fourth-order valence-corrected chi connectivity index (χ4v) is 6.84. The number of fused-ring (bicyclic) bond motifs is 1. The molecule has 5 unspecified atom stereocenters. The molecule has 1 aliphatic heterocycles.